The highest BCUT2D eigenvalue weighted by Crippen LogP contribution is 2.15. The second-order valence-electron chi connectivity index (χ2n) is 4.71. The van der Waals surface area contributed by atoms with E-state index in [0.717, 1.165) is 30.6 Å². The van der Waals surface area contributed by atoms with Crippen molar-refractivity contribution in [1.82, 2.24) is 10.6 Å². The van der Waals surface area contributed by atoms with E-state index in [9.17, 15) is 9.59 Å². The van der Waals surface area contributed by atoms with Gasteiger partial charge >= 0.3 is 0 Å². The average molecular weight is 261 g/mol. The summed E-state index contributed by atoms with van der Waals surface area (Å²) in [5, 5.41) is 8.87. The molecular weight excluding hydrogens is 242 g/mol. The van der Waals surface area contributed by atoms with E-state index in [4.69, 9.17) is 0 Å². The van der Waals surface area contributed by atoms with Crippen LogP contribution in [0, 0.1) is 0 Å². The Kier molecular flexibility index (Phi) is 4.52. The van der Waals surface area contributed by atoms with E-state index in [-0.39, 0.29) is 17.9 Å². The van der Waals surface area contributed by atoms with E-state index in [0.29, 0.717) is 6.54 Å². The Morgan fingerprint density at radius 3 is 2.95 bits per heavy atom. The van der Waals surface area contributed by atoms with Crippen LogP contribution in [0.15, 0.2) is 24.3 Å². The Hall–Kier alpha value is -1.88. The molecule has 1 saturated heterocycles. The number of amides is 2. The van der Waals surface area contributed by atoms with Crippen molar-refractivity contribution in [1.29, 1.82) is 0 Å². The Morgan fingerprint density at radius 1 is 1.42 bits per heavy atom. The predicted molar refractivity (Wildman–Crippen MR) is 73.6 cm³/mol. The molecule has 0 radical (unpaired) electrons. The van der Waals surface area contributed by atoms with Crippen molar-refractivity contribution in [2.75, 3.05) is 11.9 Å². The molecule has 2 amide bonds. The highest BCUT2D eigenvalue weighted by molar-refractivity contribution is 5.89. The van der Waals surface area contributed by atoms with Crippen LogP contribution in [-0.4, -0.2) is 24.4 Å². The van der Waals surface area contributed by atoms with E-state index in [1.54, 1.807) is 0 Å². The summed E-state index contributed by atoms with van der Waals surface area (Å²) >= 11 is 0. The first kappa shape index (κ1) is 13.5. The molecule has 1 atom stereocenters. The van der Waals surface area contributed by atoms with Crippen LogP contribution < -0.4 is 16.0 Å². The van der Waals surface area contributed by atoms with Crippen molar-refractivity contribution in [3.8, 4) is 0 Å². The SMILES string of the molecule is CC(=O)Nc1ccccc1CNC1CCCNC1=O. The molecule has 3 N–H and O–H groups in total. The van der Waals surface area contributed by atoms with Gasteiger partial charge in [0.15, 0.2) is 0 Å². The van der Waals surface area contributed by atoms with Gasteiger partial charge in [-0.2, -0.15) is 0 Å². The first-order valence-corrected chi connectivity index (χ1v) is 6.53. The standard InChI is InChI=1S/C14H19N3O2/c1-10(18)17-12-6-3-2-5-11(12)9-16-13-7-4-8-15-14(13)19/h2-3,5-6,13,16H,4,7-9H2,1H3,(H,15,19)(H,17,18). The fraction of sp³-hybridized carbons (Fsp3) is 0.429. The van der Waals surface area contributed by atoms with Gasteiger partial charge < -0.3 is 16.0 Å². The lowest BCUT2D eigenvalue weighted by molar-refractivity contribution is -0.124. The number of benzene rings is 1. The van der Waals surface area contributed by atoms with Gasteiger partial charge in [0.05, 0.1) is 6.04 Å². The summed E-state index contributed by atoms with van der Waals surface area (Å²) in [5.41, 5.74) is 1.77. The molecule has 5 heteroatoms. The number of rotatable bonds is 4. The van der Waals surface area contributed by atoms with Gasteiger partial charge in [-0.1, -0.05) is 18.2 Å². The zero-order valence-electron chi connectivity index (χ0n) is 11.0. The van der Waals surface area contributed by atoms with Gasteiger partial charge in [0.1, 0.15) is 0 Å². The fourth-order valence-electron chi connectivity index (χ4n) is 2.19. The van der Waals surface area contributed by atoms with Gasteiger partial charge in [0.2, 0.25) is 11.8 Å². The maximum Gasteiger partial charge on any atom is 0.237 e. The highest BCUT2D eigenvalue weighted by Gasteiger charge is 2.21. The first-order chi connectivity index (χ1) is 9.16. The zero-order chi connectivity index (χ0) is 13.7. The van der Waals surface area contributed by atoms with E-state index >= 15 is 0 Å². The molecule has 5 nitrogen and oxygen atoms in total. The molecular formula is C14H19N3O2. The van der Waals surface area contributed by atoms with Gasteiger partial charge in [-0.25, -0.2) is 0 Å². The summed E-state index contributed by atoms with van der Waals surface area (Å²) < 4.78 is 0. The molecule has 0 aliphatic carbocycles. The monoisotopic (exact) mass is 261 g/mol. The summed E-state index contributed by atoms with van der Waals surface area (Å²) in [6.45, 7) is 2.81. The summed E-state index contributed by atoms with van der Waals surface area (Å²) in [6.07, 6.45) is 1.85. The van der Waals surface area contributed by atoms with E-state index in [2.05, 4.69) is 16.0 Å². The van der Waals surface area contributed by atoms with Gasteiger partial charge in [0.25, 0.3) is 0 Å². The summed E-state index contributed by atoms with van der Waals surface area (Å²) in [7, 11) is 0. The Balaban J connectivity index is 1.98. The number of anilines is 1. The Morgan fingerprint density at radius 2 is 2.21 bits per heavy atom. The lowest BCUT2D eigenvalue weighted by Gasteiger charge is -2.23. The lowest BCUT2D eigenvalue weighted by Crippen LogP contribution is -2.47. The normalized spacial score (nSPS) is 18.8. The molecule has 0 bridgehead atoms. The average Bonchev–Trinajstić information content (AvgIpc) is 2.39. The number of hydrogen-bond acceptors (Lipinski definition) is 3. The molecule has 0 aromatic heterocycles. The molecule has 1 aliphatic rings. The summed E-state index contributed by atoms with van der Waals surface area (Å²) in [6, 6.07) is 7.46. The van der Waals surface area contributed by atoms with Crippen LogP contribution in [0.1, 0.15) is 25.3 Å². The maximum absolute atomic E-state index is 11.6. The Bertz CT molecular complexity index is 474. The molecule has 1 aromatic carbocycles. The number of carbonyl (C=O) groups excluding carboxylic acids is 2. The van der Waals surface area contributed by atoms with Crippen LogP contribution in [0.4, 0.5) is 5.69 Å². The van der Waals surface area contributed by atoms with Crippen molar-refractivity contribution in [2.24, 2.45) is 0 Å². The third-order valence-corrected chi connectivity index (χ3v) is 3.15. The number of para-hydroxylation sites is 1. The van der Waals surface area contributed by atoms with Crippen molar-refractivity contribution in [3.05, 3.63) is 29.8 Å². The maximum atomic E-state index is 11.6. The topological polar surface area (TPSA) is 70.2 Å². The Labute approximate surface area is 112 Å². The zero-order valence-corrected chi connectivity index (χ0v) is 11.0. The molecule has 102 valence electrons. The molecule has 1 aromatic rings. The molecule has 1 unspecified atom stereocenters. The molecule has 19 heavy (non-hydrogen) atoms. The van der Waals surface area contributed by atoms with Gasteiger partial charge in [-0.3, -0.25) is 9.59 Å². The summed E-state index contributed by atoms with van der Waals surface area (Å²) in [5.74, 6) is -0.0360. The molecule has 0 spiro atoms. The number of hydrogen-bond donors (Lipinski definition) is 3. The minimum absolute atomic E-state index is 0.0586. The lowest BCUT2D eigenvalue weighted by atomic mass is 10.1. The molecule has 0 saturated carbocycles. The second-order valence-corrected chi connectivity index (χ2v) is 4.71. The van der Waals surface area contributed by atoms with Crippen molar-refractivity contribution < 1.29 is 9.59 Å². The first-order valence-electron chi connectivity index (χ1n) is 6.53. The second kappa shape index (κ2) is 6.33. The van der Waals surface area contributed by atoms with Crippen LogP contribution >= 0.6 is 0 Å². The molecule has 1 aliphatic heterocycles. The minimum atomic E-state index is -0.140. The van der Waals surface area contributed by atoms with Crippen LogP contribution in [0.2, 0.25) is 0 Å². The van der Waals surface area contributed by atoms with E-state index in [1.807, 2.05) is 24.3 Å². The number of piperidine rings is 1. The van der Waals surface area contributed by atoms with Crippen molar-refractivity contribution >= 4 is 17.5 Å². The minimum Gasteiger partial charge on any atom is -0.355 e. The molecule has 2 rings (SSSR count). The van der Waals surface area contributed by atoms with Gasteiger partial charge in [-0.15, -0.1) is 0 Å². The smallest absolute Gasteiger partial charge is 0.237 e. The quantitative estimate of drug-likeness (QED) is 0.757. The van der Waals surface area contributed by atoms with Crippen LogP contribution in [0.5, 0.6) is 0 Å². The third kappa shape index (κ3) is 3.79. The van der Waals surface area contributed by atoms with Crippen molar-refractivity contribution in [2.45, 2.75) is 32.4 Å². The predicted octanol–water partition coefficient (Wildman–Crippen LogP) is 1.01. The highest BCUT2D eigenvalue weighted by atomic mass is 16.2. The van der Waals surface area contributed by atoms with Crippen LogP contribution in [-0.2, 0) is 16.1 Å². The van der Waals surface area contributed by atoms with Crippen LogP contribution in [0.3, 0.4) is 0 Å². The fourth-order valence-corrected chi connectivity index (χ4v) is 2.19. The summed E-state index contributed by atoms with van der Waals surface area (Å²) in [4.78, 5) is 22.8. The van der Waals surface area contributed by atoms with E-state index < -0.39 is 0 Å². The van der Waals surface area contributed by atoms with E-state index in [1.165, 1.54) is 6.92 Å². The molecule has 1 heterocycles. The number of carbonyl (C=O) groups is 2. The molecule has 1 fully saturated rings. The van der Waals surface area contributed by atoms with Crippen LogP contribution in [0.25, 0.3) is 0 Å². The third-order valence-electron chi connectivity index (χ3n) is 3.15. The largest absolute Gasteiger partial charge is 0.355 e. The number of nitrogens with one attached hydrogen (secondary N) is 3. The van der Waals surface area contributed by atoms with Gasteiger partial charge in [-0.05, 0) is 24.5 Å². The van der Waals surface area contributed by atoms with Gasteiger partial charge in [0, 0.05) is 25.7 Å². The van der Waals surface area contributed by atoms with Crippen molar-refractivity contribution in [3.63, 3.8) is 0 Å².